The summed E-state index contributed by atoms with van der Waals surface area (Å²) in [5, 5.41) is 10.2. The smallest absolute Gasteiger partial charge is 0.312 e. The molecule has 0 saturated carbocycles. The van der Waals surface area contributed by atoms with E-state index in [4.69, 9.17) is 4.74 Å². The minimum Gasteiger partial charge on any atom is -0.452 e. The van der Waals surface area contributed by atoms with Crippen molar-refractivity contribution in [3.63, 3.8) is 0 Å². The second-order valence-corrected chi connectivity index (χ2v) is 7.12. The highest BCUT2D eigenvalue weighted by molar-refractivity contribution is 5.96. The summed E-state index contributed by atoms with van der Waals surface area (Å²) in [5.41, 5.74) is 3.78. The van der Waals surface area contributed by atoms with E-state index in [1.807, 2.05) is 32.9 Å². The van der Waals surface area contributed by atoms with Crippen molar-refractivity contribution in [2.45, 2.75) is 40.2 Å². The first-order chi connectivity index (χ1) is 13.8. The number of nitrogens with one attached hydrogen (secondary N) is 2. The zero-order valence-electron chi connectivity index (χ0n) is 16.8. The highest BCUT2D eigenvalue weighted by atomic mass is 16.5. The van der Waals surface area contributed by atoms with Gasteiger partial charge in [0.2, 0.25) is 0 Å². The number of aromatic amines is 1. The van der Waals surface area contributed by atoms with Gasteiger partial charge in [0.25, 0.3) is 11.5 Å². The van der Waals surface area contributed by atoms with E-state index in [1.165, 1.54) is 6.92 Å². The largest absolute Gasteiger partial charge is 0.452 e. The van der Waals surface area contributed by atoms with Crippen LogP contribution in [0, 0.1) is 20.8 Å². The fraction of sp³-hybridized carbons (Fsp3) is 0.273. The zero-order valence-corrected chi connectivity index (χ0v) is 16.8. The van der Waals surface area contributed by atoms with E-state index in [1.54, 1.807) is 24.3 Å². The summed E-state index contributed by atoms with van der Waals surface area (Å²) < 4.78 is 5.29. The summed E-state index contributed by atoms with van der Waals surface area (Å²) in [5.74, 6) is -1.01. The lowest BCUT2D eigenvalue weighted by Crippen LogP contribution is -2.31. The highest BCUT2D eigenvalue weighted by Crippen LogP contribution is 2.22. The molecule has 2 aromatic carbocycles. The van der Waals surface area contributed by atoms with E-state index in [0.29, 0.717) is 16.5 Å². The Morgan fingerprint density at radius 2 is 1.72 bits per heavy atom. The maximum absolute atomic E-state index is 12.5. The number of carbonyl (C=O) groups is 2. The van der Waals surface area contributed by atoms with Crippen LogP contribution < -0.4 is 10.9 Å². The van der Waals surface area contributed by atoms with Gasteiger partial charge in [-0.2, -0.15) is 5.10 Å². The molecule has 0 spiro atoms. The van der Waals surface area contributed by atoms with Crippen molar-refractivity contribution in [1.29, 1.82) is 0 Å². The number of ether oxygens (including phenoxy) is 1. The van der Waals surface area contributed by atoms with Crippen molar-refractivity contribution in [3.8, 4) is 0 Å². The molecule has 0 aliphatic heterocycles. The van der Waals surface area contributed by atoms with Crippen LogP contribution in [0.3, 0.4) is 0 Å². The van der Waals surface area contributed by atoms with E-state index < -0.39 is 18.0 Å². The van der Waals surface area contributed by atoms with Crippen molar-refractivity contribution >= 4 is 28.3 Å². The molecule has 1 heterocycles. The molecule has 0 aliphatic rings. The second-order valence-electron chi connectivity index (χ2n) is 7.12. The number of aromatic nitrogens is 2. The van der Waals surface area contributed by atoms with Crippen LogP contribution in [-0.4, -0.2) is 28.2 Å². The zero-order chi connectivity index (χ0) is 21.1. The molecule has 0 bridgehead atoms. The number of rotatable bonds is 5. The first kappa shape index (κ1) is 20.3. The topological polar surface area (TPSA) is 101 Å². The van der Waals surface area contributed by atoms with Crippen LogP contribution in [0.2, 0.25) is 0 Å². The van der Waals surface area contributed by atoms with E-state index in [2.05, 4.69) is 15.5 Å². The number of hydrogen-bond donors (Lipinski definition) is 2. The number of fused-ring (bicyclic) bond motifs is 1. The number of H-pyrrole nitrogens is 1. The van der Waals surface area contributed by atoms with Crippen LogP contribution in [-0.2, 0) is 20.7 Å². The summed E-state index contributed by atoms with van der Waals surface area (Å²) >= 11 is 0. The Bertz CT molecular complexity index is 1130. The SMILES string of the molecule is Cc1cc(C)c(NC(=O)[C@H](C)OC(=O)Cc2n[nH]c(=O)c3ccccc23)c(C)c1. The molecule has 0 aliphatic carbocycles. The van der Waals surface area contributed by atoms with Gasteiger partial charge < -0.3 is 10.1 Å². The molecule has 7 nitrogen and oxygen atoms in total. The summed E-state index contributed by atoms with van der Waals surface area (Å²) in [6.07, 6.45) is -1.13. The number of aryl methyl sites for hydroxylation is 3. The molecule has 2 N–H and O–H groups in total. The van der Waals surface area contributed by atoms with Gasteiger partial charge in [-0.15, -0.1) is 0 Å². The molecule has 3 aromatic rings. The number of hydrogen-bond acceptors (Lipinski definition) is 5. The Hall–Kier alpha value is -3.48. The number of amides is 1. The van der Waals surface area contributed by atoms with Gasteiger partial charge in [-0.25, -0.2) is 5.10 Å². The lowest BCUT2D eigenvalue weighted by Gasteiger charge is -2.17. The van der Waals surface area contributed by atoms with Crippen molar-refractivity contribution in [1.82, 2.24) is 10.2 Å². The lowest BCUT2D eigenvalue weighted by atomic mass is 10.0. The Kier molecular flexibility index (Phi) is 5.77. The van der Waals surface area contributed by atoms with Crippen LogP contribution in [0.25, 0.3) is 10.8 Å². The maximum atomic E-state index is 12.5. The summed E-state index contributed by atoms with van der Waals surface area (Å²) in [6.45, 7) is 7.34. The second kappa shape index (κ2) is 8.26. The van der Waals surface area contributed by atoms with Crippen molar-refractivity contribution in [3.05, 3.63) is 69.1 Å². The Labute approximate surface area is 168 Å². The lowest BCUT2D eigenvalue weighted by molar-refractivity contribution is -0.152. The van der Waals surface area contributed by atoms with Gasteiger partial charge >= 0.3 is 5.97 Å². The fourth-order valence-electron chi connectivity index (χ4n) is 3.34. The quantitative estimate of drug-likeness (QED) is 0.649. The summed E-state index contributed by atoms with van der Waals surface area (Å²) in [4.78, 5) is 36.7. The predicted molar refractivity (Wildman–Crippen MR) is 111 cm³/mol. The van der Waals surface area contributed by atoms with E-state index in [-0.39, 0.29) is 12.0 Å². The standard InChI is InChI=1S/C22H23N3O4/c1-12-9-13(2)20(14(3)10-12)23-21(27)15(4)29-19(26)11-18-16-7-5-6-8-17(16)22(28)25-24-18/h5-10,15H,11H2,1-4H3,(H,23,27)(H,25,28)/t15-/m0/s1. The highest BCUT2D eigenvalue weighted by Gasteiger charge is 2.21. The van der Waals surface area contributed by atoms with Crippen molar-refractivity contribution in [2.75, 3.05) is 5.32 Å². The predicted octanol–water partition coefficient (Wildman–Crippen LogP) is 2.96. The van der Waals surface area contributed by atoms with Gasteiger partial charge in [0, 0.05) is 11.1 Å². The molecule has 1 atom stereocenters. The third kappa shape index (κ3) is 4.51. The molecule has 1 amide bonds. The van der Waals surface area contributed by atoms with Gasteiger partial charge in [-0.05, 0) is 44.9 Å². The van der Waals surface area contributed by atoms with Crippen LogP contribution in [0.15, 0.2) is 41.2 Å². The van der Waals surface area contributed by atoms with Gasteiger partial charge in [0.1, 0.15) is 0 Å². The molecule has 1 aromatic heterocycles. The number of esters is 1. The number of anilines is 1. The molecule has 7 heteroatoms. The summed E-state index contributed by atoms with van der Waals surface area (Å²) in [6, 6.07) is 10.8. The van der Waals surface area contributed by atoms with Gasteiger partial charge in [0.15, 0.2) is 6.10 Å². The molecular formula is C22H23N3O4. The van der Waals surface area contributed by atoms with E-state index in [9.17, 15) is 14.4 Å². The van der Waals surface area contributed by atoms with Gasteiger partial charge in [0.05, 0.1) is 17.5 Å². The molecule has 29 heavy (non-hydrogen) atoms. The molecule has 0 unspecified atom stereocenters. The molecule has 0 fully saturated rings. The molecule has 0 saturated heterocycles. The minimum atomic E-state index is -0.975. The van der Waals surface area contributed by atoms with Crippen LogP contribution in [0.4, 0.5) is 5.69 Å². The average Bonchev–Trinajstić information content (AvgIpc) is 2.66. The Balaban J connectivity index is 1.69. The van der Waals surface area contributed by atoms with Crippen LogP contribution in [0.5, 0.6) is 0 Å². The number of carbonyl (C=O) groups excluding carboxylic acids is 2. The number of benzene rings is 2. The van der Waals surface area contributed by atoms with Crippen LogP contribution in [0.1, 0.15) is 29.3 Å². The fourth-order valence-corrected chi connectivity index (χ4v) is 3.34. The molecule has 3 rings (SSSR count). The summed E-state index contributed by atoms with van der Waals surface area (Å²) in [7, 11) is 0. The maximum Gasteiger partial charge on any atom is 0.312 e. The van der Waals surface area contributed by atoms with Gasteiger partial charge in [-0.1, -0.05) is 35.9 Å². The Morgan fingerprint density at radius 1 is 1.10 bits per heavy atom. The van der Waals surface area contributed by atoms with E-state index >= 15 is 0 Å². The minimum absolute atomic E-state index is 0.155. The molecule has 0 radical (unpaired) electrons. The average molecular weight is 393 g/mol. The normalized spacial score (nSPS) is 11.9. The van der Waals surface area contributed by atoms with Crippen molar-refractivity contribution in [2.24, 2.45) is 0 Å². The monoisotopic (exact) mass is 393 g/mol. The van der Waals surface area contributed by atoms with E-state index in [0.717, 1.165) is 22.4 Å². The van der Waals surface area contributed by atoms with Crippen LogP contribution >= 0.6 is 0 Å². The van der Waals surface area contributed by atoms with Crippen molar-refractivity contribution < 1.29 is 14.3 Å². The molecular weight excluding hydrogens is 370 g/mol. The number of nitrogens with zero attached hydrogens (tertiary/aromatic N) is 1. The third-order valence-corrected chi connectivity index (χ3v) is 4.69. The third-order valence-electron chi connectivity index (χ3n) is 4.69. The first-order valence-corrected chi connectivity index (χ1v) is 9.30. The first-order valence-electron chi connectivity index (χ1n) is 9.30. The van der Waals surface area contributed by atoms with Gasteiger partial charge in [-0.3, -0.25) is 14.4 Å². The Morgan fingerprint density at radius 3 is 2.38 bits per heavy atom. The molecule has 150 valence electrons.